The molecule has 1 aliphatic heterocycles. The number of hydrazine groups is 3. The van der Waals surface area contributed by atoms with Crippen molar-refractivity contribution >= 4 is 63.6 Å². The van der Waals surface area contributed by atoms with Gasteiger partial charge in [-0.1, -0.05) is 51.1 Å². The SMILES string of the molecule is CCNN1CCC[C@H]1C(=O)C(=O)[C@H](CCCNC(N)N)NN[C@@H](CC(C)C)C(=O)C(=O)[C@@H](CCCCNC)NC(=O)[C@H](Cc1ccc(O)cc1)NN[C@@H](CO)C(=O)N[C@@H](Cc1c[nH]c2ccccc12)C(=O)S. The number of fused-ring (bicyclic) bond motifs is 1. The molecular formula is C49H77N13O9S. The van der Waals surface area contributed by atoms with Gasteiger partial charge in [-0.2, -0.15) is 0 Å². The number of nitrogens with one attached hydrogen (secondary N) is 10. The van der Waals surface area contributed by atoms with E-state index >= 15 is 0 Å². The standard InChI is InChI=1S/C49H77N13O9S/c1-5-55-62-23-11-16-41(62)45(68)43(66)36(15-10-22-53-49(50)51)58-59-37(24-29(2)3)44(67)42(65)35(14-8-9-21-52-4)56-46(69)38(25-30-17-19-32(64)20-18-30)60-61-40(28-63)47(70)57-39(48(71)72)26-31-27-54-34-13-7-6-12-33(31)34/h6-7,12-13,17-20,27,29,35-41,49,52-55,58-61,63-64H,5,8-11,14-16,21-26,28,50-51H2,1-4H3,(H,56,69)(H,57,70)(H,71,72)/t35-,36+,37+,38+,39+,40+,41+/m1/s1. The number of benzene rings is 2. The van der Waals surface area contributed by atoms with Crippen LogP contribution in [0.5, 0.6) is 5.75 Å². The molecule has 398 valence electrons. The largest absolute Gasteiger partial charge is 0.508 e. The first kappa shape index (κ1) is 59.5. The topological polar surface area (TPSA) is 339 Å². The molecule has 2 heterocycles. The molecule has 1 aliphatic rings. The number of aromatic hydroxyl groups is 1. The highest BCUT2D eigenvalue weighted by molar-refractivity contribution is 7.96. The molecule has 0 spiro atoms. The number of thiol groups is 1. The number of aliphatic hydroxyl groups is 1. The van der Waals surface area contributed by atoms with Crippen LogP contribution in [-0.4, -0.2) is 149 Å². The lowest BCUT2D eigenvalue weighted by molar-refractivity contribution is -0.142. The maximum Gasteiger partial charge on any atom is 0.241 e. The average Bonchev–Trinajstić information content (AvgIpc) is 4.00. The van der Waals surface area contributed by atoms with Gasteiger partial charge in [0.05, 0.1) is 30.8 Å². The fourth-order valence-corrected chi connectivity index (χ4v) is 8.67. The summed E-state index contributed by atoms with van der Waals surface area (Å²) in [5.74, 6) is -4.70. The molecule has 3 aromatic rings. The van der Waals surface area contributed by atoms with E-state index in [1.165, 1.54) is 12.1 Å². The second-order valence-electron chi connectivity index (χ2n) is 18.5. The summed E-state index contributed by atoms with van der Waals surface area (Å²) < 4.78 is 0. The number of aromatic nitrogens is 1. The summed E-state index contributed by atoms with van der Waals surface area (Å²) in [6.45, 7) is 6.96. The smallest absolute Gasteiger partial charge is 0.241 e. The van der Waals surface area contributed by atoms with E-state index in [0.717, 1.165) is 22.9 Å². The van der Waals surface area contributed by atoms with E-state index in [1.54, 1.807) is 30.4 Å². The number of phenols is 1. The number of unbranched alkanes of at least 4 members (excludes halogenated alkanes) is 1. The van der Waals surface area contributed by atoms with Crippen molar-refractivity contribution in [3.05, 3.63) is 65.9 Å². The second kappa shape index (κ2) is 30.9. The van der Waals surface area contributed by atoms with Crippen LogP contribution < -0.4 is 59.9 Å². The van der Waals surface area contributed by atoms with Gasteiger partial charge >= 0.3 is 0 Å². The van der Waals surface area contributed by atoms with Gasteiger partial charge in [0.2, 0.25) is 40.1 Å². The van der Waals surface area contributed by atoms with Crippen LogP contribution in [0.2, 0.25) is 0 Å². The number of hydrogen-bond donors (Lipinski definition) is 15. The zero-order chi connectivity index (χ0) is 52.7. The van der Waals surface area contributed by atoms with E-state index in [9.17, 15) is 43.8 Å². The van der Waals surface area contributed by atoms with Crippen LogP contribution in [0.1, 0.15) is 83.3 Å². The molecule has 4 rings (SSSR count). The van der Waals surface area contributed by atoms with Gasteiger partial charge in [0.15, 0.2) is 0 Å². The van der Waals surface area contributed by atoms with E-state index in [-0.39, 0.29) is 43.8 Å². The number of aromatic amines is 1. The lowest BCUT2D eigenvalue weighted by Crippen LogP contribution is -2.61. The second-order valence-corrected chi connectivity index (χ2v) is 19.0. The lowest BCUT2D eigenvalue weighted by Gasteiger charge is -2.28. The number of carbonyl (C=O) groups is 7. The molecule has 7 atom stereocenters. The van der Waals surface area contributed by atoms with Gasteiger partial charge in [-0.25, -0.2) is 26.7 Å². The van der Waals surface area contributed by atoms with Crippen molar-refractivity contribution in [3.8, 4) is 5.75 Å². The Morgan fingerprint density at radius 3 is 2.08 bits per heavy atom. The fourth-order valence-electron chi connectivity index (χ4n) is 8.52. The summed E-state index contributed by atoms with van der Waals surface area (Å²) in [6, 6.07) is 5.54. The minimum Gasteiger partial charge on any atom is -0.508 e. The number of para-hydroxylation sites is 1. The third kappa shape index (κ3) is 18.8. The zero-order valence-electron chi connectivity index (χ0n) is 41.8. The van der Waals surface area contributed by atoms with E-state index in [1.807, 2.05) is 45.0 Å². The fraction of sp³-hybridized carbons (Fsp3) is 0.571. The van der Waals surface area contributed by atoms with Gasteiger partial charge in [0, 0.05) is 36.6 Å². The highest BCUT2D eigenvalue weighted by Crippen LogP contribution is 2.21. The number of aliphatic hydroxyl groups excluding tert-OH is 1. The minimum atomic E-state index is -1.39. The Balaban J connectivity index is 1.55. The molecule has 1 fully saturated rings. The third-order valence-electron chi connectivity index (χ3n) is 12.4. The molecule has 72 heavy (non-hydrogen) atoms. The Kier molecular flexibility index (Phi) is 25.5. The molecular weight excluding hydrogens is 947 g/mol. The van der Waals surface area contributed by atoms with Crippen LogP contribution in [0.25, 0.3) is 10.9 Å². The molecule has 0 bridgehead atoms. The molecule has 1 aromatic heterocycles. The highest BCUT2D eigenvalue weighted by Gasteiger charge is 2.39. The number of nitrogens with zero attached hydrogens (tertiary/aromatic N) is 1. The monoisotopic (exact) mass is 1020 g/mol. The van der Waals surface area contributed by atoms with Crippen molar-refractivity contribution in [2.45, 2.75) is 134 Å². The predicted molar refractivity (Wildman–Crippen MR) is 277 cm³/mol. The molecule has 0 aliphatic carbocycles. The summed E-state index contributed by atoms with van der Waals surface area (Å²) in [4.78, 5) is 100. The van der Waals surface area contributed by atoms with E-state index in [0.29, 0.717) is 57.4 Å². The van der Waals surface area contributed by atoms with Crippen LogP contribution in [-0.2, 0) is 46.4 Å². The van der Waals surface area contributed by atoms with E-state index < -0.39 is 95.3 Å². The molecule has 0 unspecified atom stereocenters. The predicted octanol–water partition coefficient (Wildman–Crippen LogP) is -0.988. The Morgan fingerprint density at radius 2 is 1.42 bits per heavy atom. The van der Waals surface area contributed by atoms with Crippen molar-refractivity contribution in [1.82, 2.24) is 58.4 Å². The number of H-pyrrole nitrogens is 1. The third-order valence-corrected chi connectivity index (χ3v) is 12.7. The van der Waals surface area contributed by atoms with Crippen LogP contribution in [0.3, 0.4) is 0 Å². The molecule has 0 radical (unpaired) electrons. The molecule has 23 heteroatoms. The number of rotatable bonds is 36. The maximum absolute atomic E-state index is 14.5. The summed E-state index contributed by atoms with van der Waals surface area (Å²) in [5, 5.41) is 33.7. The Morgan fingerprint density at radius 1 is 0.778 bits per heavy atom. The van der Waals surface area contributed by atoms with Gasteiger partial charge in [-0.15, -0.1) is 12.6 Å². The van der Waals surface area contributed by atoms with Gasteiger partial charge in [-0.05, 0) is 113 Å². The number of phenolic OH excluding ortho intramolecular Hbond substituents is 1. The van der Waals surface area contributed by atoms with Crippen LogP contribution in [0.4, 0.5) is 0 Å². The van der Waals surface area contributed by atoms with Crippen molar-refractivity contribution < 1.29 is 43.8 Å². The number of hydrogen-bond acceptors (Lipinski definition) is 19. The van der Waals surface area contributed by atoms with Gasteiger partial charge in [0.25, 0.3) is 0 Å². The number of amides is 2. The zero-order valence-corrected chi connectivity index (χ0v) is 42.7. The summed E-state index contributed by atoms with van der Waals surface area (Å²) in [7, 11) is 1.77. The normalized spacial score (nSPS) is 16.6. The van der Waals surface area contributed by atoms with Crippen LogP contribution in [0, 0.1) is 5.92 Å². The van der Waals surface area contributed by atoms with Crippen molar-refractivity contribution in [2.75, 3.05) is 39.8 Å². The Hall–Kier alpha value is -5.02. The lowest BCUT2D eigenvalue weighted by atomic mass is 9.93. The van der Waals surface area contributed by atoms with Crippen LogP contribution >= 0.6 is 12.6 Å². The van der Waals surface area contributed by atoms with Crippen LogP contribution in [0.15, 0.2) is 54.7 Å². The average molecular weight is 1020 g/mol. The molecule has 2 aromatic carbocycles. The van der Waals surface area contributed by atoms with Crippen molar-refractivity contribution in [2.24, 2.45) is 17.4 Å². The van der Waals surface area contributed by atoms with E-state index in [2.05, 4.69) is 66.0 Å². The summed E-state index contributed by atoms with van der Waals surface area (Å²) >= 11 is 4.02. The molecule has 0 saturated carbocycles. The Bertz CT molecular complexity index is 2230. The van der Waals surface area contributed by atoms with Gasteiger partial charge in [-0.3, -0.25) is 44.3 Å². The number of Topliss-reactive ketones (excluding diaryl/α,β-unsaturated/α-hetero) is 4. The number of carbonyl (C=O) groups excluding carboxylic acids is 7. The molecule has 2 amide bonds. The van der Waals surface area contributed by atoms with Gasteiger partial charge in [0.1, 0.15) is 30.2 Å². The quantitative estimate of drug-likeness (QED) is 0.0109. The molecule has 1 saturated heterocycles. The summed E-state index contributed by atoms with van der Waals surface area (Å²) in [5.41, 5.74) is 28.0. The Labute approximate surface area is 426 Å². The highest BCUT2D eigenvalue weighted by atomic mass is 32.1. The first-order chi connectivity index (χ1) is 34.5. The summed E-state index contributed by atoms with van der Waals surface area (Å²) in [6.07, 6.45) is 4.01. The maximum atomic E-state index is 14.5. The van der Waals surface area contributed by atoms with Crippen molar-refractivity contribution in [1.29, 1.82) is 0 Å². The number of nitrogens with two attached hydrogens (primary N) is 2. The van der Waals surface area contributed by atoms with E-state index in [4.69, 9.17) is 11.5 Å². The van der Waals surface area contributed by atoms with Crippen molar-refractivity contribution in [3.63, 3.8) is 0 Å². The first-order valence-corrected chi connectivity index (χ1v) is 25.3. The molecule has 16 N–H and O–H groups in total. The first-order valence-electron chi connectivity index (χ1n) is 24.8. The number of ketones is 4. The minimum absolute atomic E-state index is 0.0195. The molecule has 22 nitrogen and oxygen atoms in total. The van der Waals surface area contributed by atoms with Gasteiger partial charge < -0.3 is 42.6 Å².